The van der Waals surface area contributed by atoms with E-state index in [1.165, 1.54) is 75.8 Å². The fourth-order valence-electron chi connectivity index (χ4n) is 12.8. The number of nitrogens with one attached hydrogen (secondary N) is 2. The molecule has 12 heteroatoms. The lowest BCUT2D eigenvalue weighted by Crippen LogP contribution is -2.52. The molecule has 2 amide bonds. The van der Waals surface area contributed by atoms with Crippen LogP contribution < -0.4 is 20.1 Å². The van der Waals surface area contributed by atoms with Crippen LogP contribution in [-0.4, -0.2) is 75.7 Å². The molecule has 0 saturated carbocycles. The molecule has 87 heavy (non-hydrogen) atoms. The first-order valence-electron chi connectivity index (χ1n) is 30.5. The van der Waals surface area contributed by atoms with E-state index in [4.69, 9.17) is 23.3 Å². The zero-order valence-electron chi connectivity index (χ0n) is 50.7. The third-order valence-corrected chi connectivity index (χ3v) is 19.2. The molecule has 2 N–H and O–H groups in total. The van der Waals surface area contributed by atoms with Gasteiger partial charge in [0.15, 0.2) is 0 Å². The normalized spacial score (nSPS) is 12.6. The Morgan fingerprint density at radius 2 is 0.931 bits per heavy atom. The quantitative estimate of drug-likeness (QED) is 0.0204. The van der Waals surface area contributed by atoms with E-state index < -0.39 is 19.5 Å². The number of aryl methyl sites for hydroxylation is 2. The Hall–Kier alpha value is -8.20. The fourth-order valence-corrected chi connectivity index (χ4v) is 14.5. The maximum atomic E-state index is 14.7. The van der Waals surface area contributed by atoms with Crippen LogP contribution in [0.5, 0.6) is 11.5 Å². The molecule has 1 unspecified atom stereocenters. The smallest absolute Gasteiger partial charge is 0.259 e. The molecule has 11 aromatic rings. The molecule has 0 aliphatic heterocycles. The van der Waals surface area contributed by atoms with Crippen LogP contribution in [0.2, 0.25) is 0 Å². The summed E-state index contributed by atoms with van der Waals surface area (Å²) in [5, 5.41) is 31.2. The van der Waals surface area contributed by atoms with Crippen molar-refractivity contribution < 1.29 is 32.8 Å². The second kappa shape index (κ2) is 27.2. The van der Waals surface area contributed by atoms with Crippen molar-refractivity contribution in [2.24, 2.45) is 5.41 Å². The van der Waals surface area contributed by atoms with Crippen LogP contribution in [0.3, 0.4) is 0 Å². The second-order valence-electron chi connectivity index (χ2n) is 23.5. The highest BCUT2D eigenvalue weighted by Crippen LogP contribution is 2.49. The number of rotatable bonds is 29. The van der Waals surface area contributed by atoms with Crippen LogP contribution in [0, 0.1) is 16.7 Å². The Balaban J connectivity index is 0.933. The SMILES string of the molecule is COc1ccc(C(OCC(CNC(=O)CCCc2ccc3ccc4cccc5ccc2c3c45)(CNC(=O)CCCc2ccc3ccc4cccc5ccc2c3c45)COP(OCCC#N)N(C(C)C)C(C)C)(c2ccccc2)c2ccc(OC)cc2)cc1. The highest BCUT2D eigenvalue weighted by atomic mass is 31.2. The summed E-state index contributed by atoms with van der Waals surface area (Å²) in [5.74, 6) is 1.11. The van der Waals surface area contributed by atoms with Crippen molar-refractivity contribution in [2.75, 3.05) is 47.1 Å². The van der Waals surface area contributed by atoms with Crippen molar-refractivity contribution in [3.05, 3.63) is 216 Å². The van der Waals surface area contributed by atoms with Gasteiger partial charge in [0.05, 0.1) is 51.9 Å². The predicted octanol–water partition coefficient (Wildman–Crippen LogP) is 16.4. The van der Waals surface area contributed by atoms with Crippen LogP contribution in [0.25, 0.3) is 64.6 Å². The average molecular weight is 1180 g/mol. The molecule has 0 spiro atoms. The summed E-state index contributed by atoms with van der Waals surface area (Å²) in [6, 6.07) is 67.5. The minimum absolute atomic E-state index is 0.00328. The van der Waals surface area contributed by atoms with Gasteiger partial charge in [-0.2, -0.15) is 5.26 Å². The molecule has 0 fully saturated rings. The highest BCUT2D eigenvalue weighted by Gasteiger charge is 2.43. The van der Waals surface area contributed by atoms with Crippen LogP contribution in [0.15, 0.2) is 188 Å². The predicted molar refractivity (Wildman–Crippen MR) is 354 cm³/mol. The van der Waals surface area contributed by atoms with Gasteiger partial charge in [-0.05, 0) is 170 Å². The standard InChI is InChI=1S/C75H77N4O7P/c1-51(2)79(52(3)4)87(85-46-14-45-76)86-50-74(47-77-68(80)23-12-15-53-25-27-59-31-29-55-17-10-19-57-33-43-66(53)72(59)70(55)57,48-78-69(81)24-13-16-54-26-28-60-32-30-56-18-11-20-58-34-44-67(54)73(60)71(56)58)49-84-75(61-21-8-7-9-22-61,62-35-39-64(82-5)40-36-62)63-37-41-65(83-6)42-38-63/h7-11,17-22,25-44,51-52H,12-16,23-24,46-50H2,1-6H3,(H,77,80)(H,78,81). The number of carbonyl (C=O) groups excluding carboxylic acids is 2. The molecule has 0 aliphatic carbocycles. The Morgan fingerprint density at radius 1 is 0.506 bits per heavy atom. The summed E-state index contributed by atoms with van der Waals surface area (Å²) in [6.45, 7) is 8.72. The lowest BCUT2D eigenvalue weighted by molar-refractivity contribution is -0.123. The van der Waals surface area contributed by atoms with Gasteiger partial charge < -0.3 is 33.9 Å². The summed E-state index contributed by atoms with van der Waals surface area (Å²) in [6.07, 6.45) is 3.34. The van der Waals surface area contributed by atoms with Gasteiger partial charge in [-0.3, -0.25) is 9.59 Å². The van der Waals surface area contributed by atoms with Gasteiger partial charge in [-0.1, -0.05) is 164 Å². The number of carbonyl (C=O) groups is 2. The van der Waals surface area contributed by atoms with E-state index in [0.717, 1.165) is 16.7 Å². The number of nitriles is 1. The Labute approximate surface area is 512 Å². The van der Waals surface area contributed by atoms with Crippen molar-refractivity contribution in [3.8, 4) is 17.6 Å². The minimum atomic E-state index is -1.77. The van der Waals surface area contributed by atoms with E-state index in [1.807, 2.05) is 66.7 Å². The lowest BCUT2D eigenvalue weighted by Gasteiger charge is -2.42. The first-order chi connectivity index (χ1) is 42.4. The summed E-state index contributed by atoms with van der Waals surface area (Å²) in [7, 11) is 1.52. The molecule has 444 valence electrons. The Morgan fingerprint density at radius 3 is 1.37 bits per heavy atom. The van der Waals surface area contributed by atoms with Crippen LogP contribution in [0.1, 0.15) is 87.6 Å². The molecule has 0 aliphatic rings. The zero-order chi connectivity index (χ0) is 60.5. The highest BCUT2D eigenvalue weighted by molar-refractivity contribution is 7.44. The van der Waals surface area contributed by atoms with E-state index in [0.29, 0.717) is 37.2 Å². The van der Waals surface area contributed by atoms with Crippen molar-refractivity contribution in [3.63, 3.8) is 0 Å². The maximum absolute atomic E-state index is 14.7. The van der Waals surface area contributed by atoms with E-state index >= 15 is 0 Å². The molecule has 1 atom stereocenters. The van der Waals surface area contributed by atoms with Crippen molar-refractivity contribution >= 4 is 85.0 Å². The van der Waals surface area contributed by atoms with Gasteiger partial charge in [0.1, 0.15) is 17.1 Å². The van der Waals surface area contributed by atoms with Crippen molar-refractivity contribution in [1.29, 1.82) is 5.26 Å². The minimum Gasteiger partial charge on any atom is -0.497 e. The summed E-state index contributed by atoms with van der Waals surface area (Å²) >= 11 is 0. The third kappa shape index (κ3) is 12.9. The van der Waals surface area contributed by atoms with Crippen molar-refractivity contribution in [2.45, 2.75) is 90.3 Å². The van der Waals surface area contributed by atoms with Gasteiger partial charge >= 0.3 is 0 Å². The molecule has 0 radical (unpaired) electrons. The maximum Gasteiger partial charge on any atom is 0.259 e. The number of amides is 2. The molecule has 0 aromatic heterocycles. The molecule has 11 nitrogen and oxygen atoms in total. The topological polar surface area (TPSA) is 131 Å². The van der Waals surface area contributed by atoms with Crippen molar-refractivity contribution in [1.82, 2.24) is 15.3 Å². The average Bonchev–Trinajstić information content (AvgIpc) is 1.06. The first-order valence-corrected chi connectivity index (χ1v) is 31.6. The number of methoxy groups -OCH3 is 2. The number of hydrogen-bond acceptors (Lipinski definition) is 9. The lowest BCUT2D eigenvalue weighted by atomic mass is 9.79. The summed E-state index contributed by atoms with van der Waals surface area (Å²) in [5.41, 5.74) is 2.53. The van der Waals surface area contributed by atoms with Gasteiger partial charge in [-0.25, -0.2) is 4.67 Å². The molecule has 0 heterocycles. The summed E-state index contributed by atoms with van der Waals surface area (Å²) < 4.78 is 35.0. The molecule has 0 bridgehead atoms. The number of benzene rings is 11. The Kier molecular flexibility index (Phi) is 18.9. The van der Waals surface area contributed by atoms with Gasteiger partial charge in [0.25, 0.3) is 8.53 Å². The van der Waals surface area contributed by atoms with Crippen LogP contribution in [-0.2, 0) is 41.8 Å². The fraction of sp³-hybridized carbons (Fsp3) is 0.293. The molecule has 0 saturated heterocycles. The van der Waals surface area contributed by atoms with Crippen LogP contribution in [0.4, 0.5) is 0 Å². The molecule has 11 aromatic carbocycles. The van der Waals surface area contributed by atoms with Gasteiger partial charge in [0.2, 0.25) is 11.8 Å². The van der Waals surface area contributed by atoms with Crippen LogP contribution >= 0.6 is 8.53 Å². The van der Waals surface area contributed by atoms with Gasteiger partial charge in [-0.15, -0.1) is 0 Å². The van der Waals surface area contributed by atoms with Gasteiger partial charge in [0, 0.05) is 38.0 Å². The zero-order valence-corrected chi connectivity index (χ0v) is 51.6. The largest absolute Gasteiger partial charge is 0.497 e. The van der Waals surface area contributed by atoms with E-state index in [2.05, 4.69) is 170 Å². The second-order valence-corrected chi connectivity index (χ2v) is 25.0. The molecule has 11 rings (SSSR count). The monoisotopic (exact) mass is 1180 g/mol. The molecular formula is C75H77N4O7P. The number of hydrogen-bond donors (Lipinski definition) is 2. The first kappa shape index (κ1) is 60.5. The number of ether oxygens (including phenoxy) is 3. The van der Waals surface area contributed by atoms with E-state index in [1.54, 1.807) is 14.2 Å². The third-order valence-electron chi connectivity index (χ3n) is 17.2. The Bertz CT molecular complexity index is 3910. The number of nitrogens with zero attached hydrogens (tertiary/aromatic N) is 2. The van der Waals surface area contributed by atoms with E-state index in [9.17, 15) is 14.9 Å². The molecular weight excluding hydrogens is 1100 g/mol. The van der Waals surface area contributed by atoms with E-state index in [-0.39, 0.29) is 76.1 Å². The summed E-state index contributed by atoms with van der Waals surface area (Å²) in [4.78, 5) is 29.3.